The molecule has 1 saturated heterocycles. The molecule has 3 aromatic rings. The second-order valence-corrected chi connectivity index (χ2v) is 9.08. The maximum Gasteiger partial charge on any atom is 0.188 e. The lowest BCUT2D eigenvalue weighted by Crippen LogP contribution is -2.58. The minimum atomic E-state index is -0.577. The van der Waals surface area contributed by atoms with Gasteiger partial charge in [-0.05, 0) is 36.1 Å². The third-order valence-electron chi connectivity index (χ3n) is 7.18. The molecule has 158 valence electrons. The molecule has 0 N–H and O–H groups in total. The van der Waals surface area contributed by atoms with E-state index in [4.69, 9.17) is 0 Å². The van der Waals surface area contributed by atoms with Gasteiger partial charge >= 0.3 is 0 Å². The standard InChI is InChI=1S/C28H30N2O/c1-21-11-13-25(14-12-21)28(19-23-8-5-6-10-26(23)27(28)31)30-17-15-29(16-18-30)20-24-9-4-3-7-22(24)2/h3-14H,15-20H2,1-2H3. The summed E-state index contributed by atoms with van der Waals surface area (Å²) in [5.41, 5.74) is 6.60. The number of aryl methyl sites for hydroxylation is 2. The molecule has 1 heterocycles. The molecule has 2 aliphatic rings. The van der Waals surface area contributed by atoms with Crippen molar-refractivity contribution in [3.8, 4) is 0 Å². The largest absolute Gasteiger partial charge is 0.297 e. The molecule has 1 unspecified atom stereocenters. The van der Waals surface area contributed by atoms with Gasteiger partial charge in [0.15, 0.2) is 5.78 Å². The first-order valence-corrected chi connectivity index (χ1v) is 11.3. The Morgan fingerprint density at radius 1 is 0.806 bits per heavy atom. The molecule has 5 rings (SSSR count). The summed E-state index contributed by atoms with van der Waals surface area (Å²) in [4.78, 5) is 18.8. The van der Waals surface area contributed by atoms with Gasteiger partial charge in [-0.15, -0.1) is 0 Å². The average Bonchev–Trinajstić information content (AvgIpc) is 3.10. The third kappa shape index (κ3) is 3.52. The zero-order valence-electron chi connectivity index (χ0n) is 18.5. The molecule has 0 bridgehead atoms. The molecule has 1 fully saturated rings. The topological polar surface area (TPSA) is 23.6 Å². The van der Waals surface area contributed by atoms with Gasteiger partial charge < -0.3 is 0 Å². The summed E-state index contributed by atoms with van der Waals surface area (Å²) in [6.45, 7) is 9.03. The molecule has 1 aliphatic carbocycles. The quantitative estimate of drug-likeness (QED) is 0.620. The average molecular weight is 411 g/mol. The van der Waals surface area contributed by atoms with Gasteiger partial charge in [-0.1, -0.05) is 78.4 Å². The smallest absolute Gasteiger partial charge is 0.188 e. The Balaban J connectivity index is 1.42. The van der Waals surface area contributed by atoms with Crippen molar-refractivity contribution in [2.24, 2.45) is 0 Å². The molecule has 3 nitrogen and oxygen atoms in total. The molecule has 3 heteroatoms. The Labute approximate surface area is 185 Å². The second-order valence-electron chi connectivity index (χ2n) is 9.08. The number of hydrogen-bond acceptors (Lipinski definition) is 3. The SMILES string of the molecule is Cc1ccc(C2(N3CCN(Cc4ccccc4C)CC3)Cc3ccccc3C2=O)cc1. The van der Waals surface area contributed by atoms with Crippen LogP contribution in [0.1, 0.15) is 38.2 Å². The lowest BCUT2D eigenvalue weighted by atomic mass is 9.83. The summed E-state index contributed by atoms with van der Waals surface area (Å²) in [6, 6.07) is 25.4. The number of fused-ring (bicyclic) bond motifs is 1. The monoisotopic (exact) mass is 410 g/mol. The van der Waals surface area contributed by atoms with E-state index in [0.717, 1.165) is 50.3 Å². The van der Waals surface area contributed by atoms with E-state index >= 15 is 0 Å². The highest BCUT2D eigenvalue weighted by atomic mass is 16.1. The van der Waals surface area contributed by atoms with E-state index in [0.29, 0.717) is 0 Å². The van der Waals surface area contributed by atoms with Gasteiger partial charge in [-0.2, -0.15) is 0 Å². The lowest BCUT2D eigenvalue weighted by molar-refractivity contribution is 0.0288. The van der Waals surface area contributed by atoms with Gasteiger partial charge in [0, 0.05) is 44.7 Å². The van der Waals surface area contributed by atoms with Crippen molar-refractivity contribution in [2.45, 2.75) is 32.4 Å². The number of hydrogen-bond donors (Lipinski definition) is 0. The third-order valence-corrected chi connectivity index (χ3v) is 7.18. The van der Waals surface area contributed by atoms with Gasteiger partial charge in [0.1, 0.15) is 5.54 Å². The van der Waals surface area contributed by atoms with Crippen molar-refractivity contribution < 1.29 is 4.79 Å². The molecular formula is C28H30N2O. The number of nitrogens with zero attached hydrogens (tertiary/aromatic N) is 2. The van der Waals surface area contributed by atoms with E-state index in [-0.39, 0.29) is 5.78 Å². The highest BCUT2D eigenvalue weighted by Crippen LogP contribution is 2.43. The van der Waals surface area contributed by atoms with Crippen molar-refractivity contribution in [3.63, 3.8) is 0 Å². The Kier molecular flexibility index (Phi) is 5.25. The van der Waals surface area contributed by atoms with Crippen LogP contribution in [0.2, 0.25) is 0 Å². The molecule has 0 spiro atoms. The minimum Gasteiger partial charge on any atom is -0.297 e. The first-order chi connectivity index (χ1) is 15.1. The number of carbonyl (C=O) groups excluding carboxylic acids is 1. The summed E-state index contributed by atoms with van der Waals surface area (Å²) in [5, 5.41) is 0. The number of benzene rings is 3. The predicted molar refractivity (Wildman–Crippen MR) is 125 cm³/mol. The number of rotatable bonds is 4. The zero-order valence-corrected chi connectivity index (χ0v) is 18.5. The number of Topliss-reactive ketones (excluding diaryl/α,β-unsaturated/α-hetero) is 1. The van der Waals surface area contributed by atoms with Crippen molar-refractivity contribution >= 4 is 5.78 Å². The number of carbonyl (C=O) groups is 1. The number of piperazine rings is 1. The first kappa shape index (κ1) is 20.2. The van der Waals surface area contributed by atoms with Crippen LogP contribution in [-0.4, -0.2) is 41.8 Å². The molecule has 31 heavy (non-hydrogen) atoms. The molecule has 0 saturated carbocycles. The van der Waals surface area contributed by atoms with E-state index in [1.54, 1.807) is 0 Å². The van der Waals surface area contributed by atoms with E-state index < -0.39 is 5.54 Å². The summed E-state index contributed by atoms with van der Waals surface area (Å²) >= 11 is 0. The fourth-order valence-corrected chi connectivity index (χ4v) is 5.29. The van der Waals surface area contributed by atoms with Gasteiger partial charge in [0.05, 0.1) is 0 Å². The maximum absolute atomic E-state index is 13.9. The predicted octanol–water partition coefficient (Wildman–Crippen LogP) is 4.76. The van der Waals surface area contributed by atoms with Crippen molar-refractivity contribution in [1.82, 2.24) is 9.80 Å². The highest BCUT2D eigenvalue weighted by molar-refractivity contribution is 6.08. The highest BCUT2D eigenvalue weighted by Gasteiger charge is 2.51. The van der Waals surface area contributed by atoms with Gasteiger partial charge in [-0.3, -0.25) is 14.6 Å². The molecule has 1 atom stereocenters. The summed E-state index contributed by atoms with van der Waals surface area (Å²) in [6.07, 6.45) is 0.767. The van der Waals surface area contributed by atoms with Crippen molar-refractivity contribution in [1.29, 1.82) is 0 Å². The fourth-order valence-electron chi connectivity index (χ4n) is 5.29. The zero-order chi connectivity index (χ0) is 21.4. The van der Waals surface area contributed by atoms with Crippen LogP contribution in [0.4, 0.5) is 0 Å². The van der Waals surface area contributed by atoms with Gasteiger partial charge in [0.2, 0.25) is 0 Å². The van der Waals surface area contributed by atoms with Gasteiger partial charge in [0.25, 0.3) is 0 Å². The summed E-state index contributed by atoms with van der Waals surface area (Å²) in [5.74, 6) is 0.263. The van der Waals surface area contributed by atoms with Crippen LogP contribution in [-0.2, 0) is 18.5 Å². The Morgan fingerprint density at radius 2 is 1.48 bits per heavy atom. The Bertz CT molecular complexity index is 1100. The maximum atomic E-state index is 13.9. The second kappa shape index (κ2) is 8.07. The van der Waals surface area contributed by atoms with Crippen LogP contribution in [0.3, 0.4) is 0 Å². The molecule has 0 aromatic heterocycles. The molecule has 1 aliphatic heterocycles. The molecular weight excluding hydrogens is 380 g/mol. The van der Waals surface area contributed by atoms with Crippen LogP contribution in [0.5, 0.6) is 0 Å². The van der Waals surface area contributed by atoms with E-state index in [2.05, 4.69) is 84.3 Å². The van der Waals surface area contributed by atoms with Gasteiger partial charge in [-0.25, -0.2) is 0 Å². The molecule has 0 radical (unpaired) electrons. The van der Waals surface area contributed by atoms with Crippen LogP contribution in [0.15, 0.2) is 72.8 Å². The Hall–Kier alpha value is -2.75. The van der Waals surface area contributed by atoms with E-state index in [9.17, 15) is 4.79 Å². The van der Waals surface area contributed by atoms with Crippen LogP contribution >= 0.6 is 0 Å². The van der Waals surface area contributed by atoms with Crippen molar-refractivity contribution in [2.75, 3.05) is 26.2 Å². The summed E-state index contributed by atoms with van der Waals surface area (Å²) < 4.78 is 0. The molecule has 0 amide bonds. The lowest BCUT2D eigenvalue weighted by Gasteiger charge is -2.45. The van der Waals surface area contributed by atoms with Crippen LogP contribution < -0.4 is 0 Å². The Morgan fingerprint density at radius 3 is 2.19 bits per heavy atom. The minimum absolute atomic E-state index is 0.263. The van der Waals surface area contributed by atoms with Crippen LogP contribution in [0, 0.1) is 13.8 Å². The first-order valence-electron chi connectivity index (χ1n) is 11.3. The van der Waals surface area contributed by atoms with Crippen molar-refractivity contribution in [3.05, 3.63) is 106 Å². The van der Waals surface area contributed by atoms with E-state index in [1.807, 2.05) is 12.1 Å². The number of ketones is 1. The molecule has 3 aromatic carbocycles. The fraction of sp³-hybridized carbons (Fsp3) is 0.321. The van der Waals surface area contributed by atoms with E-state index in [1.165, 1.54) is 22.3 Å². The van der Waals surface area contributed by atoms with Crippen LogP contribution in [0.25, 0.3) is 0 Å². The summed E-state index contributed by atoms with van der Waals surface area (Å²) in [7, 11) is 0. The normalized spacial score (nSPS) is 21.9.